The molecule has 1 aromatic heterocycles. The summed E-state index contributed by atoms with van der Waals surface area (Å²) in [5, 5.41) is 2.22. The van der Waals surface area contributed by atoms with Crippen LogP contribution in [0.3, 0.4) is 0 Å². The summed E-state index contributed by atoms with van der Waals surface area (Å²) >= 11 is 3.02. The Bertz CT molecular complexity index is 649. The Morgan fingerprint density at radius 2 is 1.89 bits per heavy atom. The van der Waals surface area contributed by atoms with Crippen molar-refractivity contribution in [3.63, 3.8) is 0 Å². The van der Waals surface area contributed by atoms with Crippen LogP contribution in [0.2, 0.25) is 0 Å². The van der Waals surface area contributed by atoms with Gasteiger partial charge in [-0.3, -0.25) is 4.79 Å². The molecule has 0 spiro atoms. The van der Waals surface area contributed by atoms with Gasteiger partial charge in [0, 0.05) is 4.47 Å². The van der Waals surface area contributed by atoms with Gasteiger partial charge in [0.2, 0.25) is 11.9 Å². The lowest BCUT2D eigenvalue weighted by molar-refractivity contribution is 0.102. The number of hydrogen-bond acceptors (Lipinski definition) is 2. The molecule has 0 atom stereocenters. The van der Waals surface area contributed by atoms with Crippen molar-refractivity contribution in [3.05, 3.63) is 58.1 Å². The molecule has 0 fully saturated rings. The van der Waals surface area contributed by atoms with Crippen LogP contribution in [0.1, 0.15) is 10.4 Å². The van der Waals surface area contributed by atoms with Crippen LogP contribution in [0.4, 0.5) is 18.9 Å². The summed E-state index contributed by atoms with van der Waals surface area (Å²) in [4.78, 5) is 14.8. The highest BCUT2D eigenvalue weighted by molar-refractivity contribution is 9.10. The van der Waals surface area contributed by atoms with Crippen molar-refractivity contribution in [1.29, 1.82) is 0 Å². The van der Waals surface area contributed by atoms with E-state index in [4.69, 9.17) is 0 Å². The lowest BCUT2D eigenvalue weighted by atomic mass is 10.2. The van der Waals surface area contributed by atoms with Crippen LogP contribution in [0.25, 0.3) is 0 Å². The van der Waals surface area contributed by atoms with Gasteiger partial charge in [-0.05, 0) is 46.3 Å². The molecule has 0 radical (unpaired) electrons. The van der Waals surface area contributed by atoms with Gasteiger partial charge in [0.05, 0.1) is 11.3 Å². The van der Waals surface area contributed by atoms with Gasteiger partial charge in [0.25, 0.3) is 5.91 Å². The summed E-state index contributed by atoms with van der Waals surface area (Å²) in [6.45, 7) is 0. The normalized spacial score (nSPS) is 10.3. The van der Waals surface area contributed by atoms with Gasteiger partial charge < -0.3 is 5.32 Å². The Morgan fingerprint density at radius 1 is 1.16 bits per heavy atom. The van der Waals surface area contributed by atoms with E-state index in [0.717, 1.165) is 24.3 Å². The fourth-order valence-electron chi connectivity index (χ4n) is 1.37. The maximum atomic E-state index is 13.3. The van der Waals surface area contributed by atoms with Gasteiger partial charge in [-0.1, -0.05) is 0 Å². The first-order chi connectivity index (χ1) is 8.97. The number of pyridine rings is 1. The second-order valence-corrected chi connectivity index (χ2v) is 4.40. The maximum Gasteiger partial charge on any atom is 0.256 e. The number of halogens is 4. The molecule has 2 aromatic rings. The molecule has 0 aliphatic heterocycles. The minimum atomic E-state index is -1.13. The standard InChI is InChI=1S/C12H6BrF3N2O/c13-8-5-6(14)1-2-7(8)12(19)17-9-3-4-10(15)18-11(9)16/h1-5H,(H,17,19). The van der Waals surface area contributed by atoms with Crippen molar-refractivity contribution in [2.75, 3.05) is 5.32 Å². The molecule has 0 bridgehead atoms. The van der Waals surface area contributed by atoms with E-state index in [9.17, 15) is 18.0 Å². The number of aromatic nitrogens is 1. The number of carbonyl (C=O) groups excluding carboxylic acids is 1. The van der Waals surface area contributed by atoms with E-state index in [1.165, 1.54) is 6.07 Å². The maximum absolute atomic E-state index is 13.3. The lowest BCUT2D eigenvalue weighted by Crippen LogP contribution is -2.14. The van der Waals surface area contributed by atoms with Crippen LogP contribution in [0, 0.1) is 17.7 Å². The van der Waals surface area contributed by atoms with Crippen LogP contribution < -0.4 is 5.32 Å². The SMILES string of the molecule is O=C(Nc1ccc(F)nc1F)c1ccc(F)cc1Br. The second-order valence-electron chi connectivity index (χ2n) is 3.55. The fourth-order valence-corrected chi connectivity index (χ4v) is 1.90. The molecule has 1 amide bonds. The van der Waals surface area contributed by atoms with Crippen molar-refractivity contribution in [1.82, 2.24) is 4.98 Å². The van der Waals surface area contributed by atoms with Gasteiger partial charge in [0.1, 0.15) is 5.82 Å². The zero-order chi connectivity index (χ0) is 14.0. The molecule has 0 unspecified atom stereocenters. The molecule has 1 N–H and O–H groups in total. The van der Waals surface area contributed by atoms with E-state index < -0.39 is 23.6 Å². The summed E-state index contributed by atoms with van der Waals surface area (Å²) in [6, 6.07) is 5.40. The Kier molecular flexibility index (Phi) is 3.84. The zero-order valence-corrected chi connectivity index (χ0v) is 10.8. The summed E-state index contributed by atoms with van der Waals surface area (Å²) in [5.74, 6) is -3.30. The molecule has 1 aromatic carbocycles. The number of benzene rings is 1. The summed E-state index contributed by atoms with van der Waals surface area (Å²) in [5.41, 5.74) is -0.146. The van der Waals surface area contributed by atoms with Gasteiger partial charge in [-0.2, -0.15) is 13.8 Å². The first-order valence-electron chi connectivity index (χ1n) is 5.06. The predicted octanol–water partition coefficient (Wildman–Crippen LogP) is 3.51. The van der Waals surface area contributed by atoms with Crippen molar-refractivity contribution in [3.8, 4) is 0 Å². The summed E-state index contributed by atoms with van der Waals surface area (Å²) < 4.78 is 39.0. The second kappa shape index (κ2) is 5.40. The first kappa shape index (κ1) is 13.5. The van der Waals surface area contributed by atoms with Gasteiger partial charge in [-0.25, -0.2) is 4.39 Å². The molecule has 3 nitrogen and oxygen atoms in total. The molecule has 0 saturated carbocycles. The number of rotatable bonds is 2. The van der Waals surface area contributed by atoms with Crippen LogP contribution in [-0.2, 0) is 0 Å². The van der Waals surface area contributed by atoms with Crippen LogP contribution in [0.5, 0.6) is 0 Å². The number of hydrogen-bond donors (Lipinski definition) is 1. The van der Waals surface area contributed by atoms with Crippen LogP contribution in [0.15, 0.2) is 34.8 Å². The topological polar surface area (TPSA) is 42.0 Å². The predicted molar refractivity (Wildman–Crippen MR) is 66.2 cm³/mol. The smallest absolute Gasteiger partial charge is 0.256 e. The fraction of sp³-hybridized carbons (Fsp3) is 0. The third kappa shape index (κ3) is 3.11. The molecular weight excluding hydrogens is 325 g/mol. The average molecular weight is 331 g/mol. The average Bonchev–Trinajstić information content (AvgIpc) is 2.32. The Hall–Kier alpha value is -1.89. The van der Waals surface area contributed by atoms with Crippen molar-refractivity contribution in [2.24, 2.45) is 0 Å². The van der Waals surface area contributed by atoms with E-state index in [1.54, 1.807) is 0 Å². The van der Waals surface area contributed by atoms with Gasteiger partial charge in [0.15, 0.2) is 0 Å². The molecule has 19 heavy (non-hydrogen) atoms. The molecule has 0 aliphatic rings. The molecule has 2 rings (SSSR count). The van der Waals surface area contributed by atoms with Gasteiger partial charge >= 0.3 is 0 Å². The minimum Gasteiger partial charge on any atom is -0.318 e. The molecule has 7 heteroatoms. The molecule has 0 aliphatic carbocycles. The van der Waals surface area contributed by atoms with Gasteiger partial charge in [-0.15, -0.1) is 0 Å². The third-order valence-electron chi connectivity index (χ3n) is 2.24. The Morgan fingerprint density at radius 3 is 2.53 bits per heavy atom. The number of nitrogens with zero attached hydrogens (tertiary/aromatic N) is 1. The Labute approximate surface area is 114 Å². The summed E-state index contributed by atoms with van der Waals surface area (Å²) in [6.07, 6.45) is 0. The highest BCUT2D eigenvalue weighted by Crippen LogP contribution is 2.20. The van der Waals surface area contributed by atoms with Crippen molar-refractivity contribution >= 4 is 27.5 Å². The molecule has 1 heterocycles. The van der Waals surface area contributed by atoms with E-state index in [2.05, 4.69) is 26.2 Å². The highest BCUT2D eigenvalue weighted by Gasteiger charge is 2.14. The molecule has 0 saturated heterocycles. The highest BCUT2D eigenvalue weighted by atomic mass is 79.9. The quantitative estimate of drug-likeness (QED) is 0.856. The number of nitrogens with one attached hydrogen (secondary N) is 1. The van der Waals surface area contributed by atoms with E-state index >= 15 is 0 Å². The monoisotopic (exact) mass is 330 g/mol. The number of anilines is 1. The molecular formula is C12H6BrF3N2O. The number of amides is 1. The van der Waals surface area contributed by atoms with Crippen molar-refractivity contribution in [2.45, 2.75) is 0 Å². The minimum absolute atomic E-state index is 0.116. The lowest BCUT2D eigenvalue weighted by Gasteiger charge is -2.07. The largest absolute Gasteiger partial charge is 0.318 e. The van der Waals surface area contributed by atoms with E-state index in [0.29, 0.717) is 0 Å². The van der Waals surface area contributed by atoms with Crippen LogP contribution in [-0.4, -0.2) is 10.9 Å². The number of carbonyl (C=O) groups is 1. The first-order valence-corrected chi connectivity index (χ1v) is 5.85. The Balaban J connectivity index is 2.25. The van der Waals surface area contributed by atoms with Crippen molar-refractivity contribution < 1.29 is 18.0 Å². The molecule has 98 valence electrons. The van der Waals surface area contributed by atoms with Crippen LogP contribution >= 0.6 is 15.9 Å². The van der Waals surface area contributed by atoms with E-state index in [-0.39, 0.29) is 15.7 Å². The summed E-state index contributed by atoms with van der Waals surface area (Å²) in [7, 11) is 0. The zero-order valence-electron chi connectivity index (χ0n) is 9.25. The van der Waals surface area contributed by atoms with E-state index in [1.807, 2.05) is 0 Å². The third-order valence-corrected chi connectivity index (χ3v) is 2.89.